The van der Waals surface area contributed by atoms with Crippen molar-refractivity contribution in [1.82, 2.24) is 4.98 Å². The Morgan fingerprint density at radius 2 is 2.21 bits per heavy atom. The van der Waals surface area contributed by atoms with Crippen molar-refractivity contribution in [2.24, 2.45) is 0 Å². The molecule has 2 rings (SSSR count). The van der Waals surface area contributed by atoms with Crippen LogP contribution in [0.2, 0.25) is 0 Å². The first-order chi connectivity index (χ1) is 9.10. The van der Waals surface area contributed by atoms with Gasteiger partial charge in [-0.2, -0.15) is 0 Å². The van der Waals surface area contributed by atoms with Crippen molar-refractivity contribution in [3.8, 4) is 5.75 Å². The zero-order valence-electron chi connectivity index (χ0n) is 10.1. The van der Waals surface area contributed by atoms with Gasteiger partial charge in [0.05, 0.1) is 13.3 Å². The molecule has 1 aromatic carbocycles. The molecule has 2 N–H and O–H groups in total. The fourth-order valence-electron chi connectivity index (χ4n) is 1.54. The Morgan fingerprint density at radius 1 is 1.42 bits per heavy atom. The summed E-state index contributed by atoms with van der Waals surface area (Å²) in [6, 6.07) is 7.81. The highest BCUT2D eigenvalue weighted by Crippen LogP contribution is 2.22. The summed E-state index contributed by atoms with van der Waals surface area (Å²) in [6.07, 6.45) is 0.953. The van der Waals surface area contributed by atoms with E-state index in [0.717, 1.165) is 12.3 Å². The number of rotatable bonds is 4. The summed E-state index contributed by atoms with van der Waals surface area (Å²) in [4.78, 5) is 14.8. The number of aromatic nitrogens is 1. The molecule has 0 bridgehead atoms. The van der Waals surface area contributed by atoms with E-state index >= 15 is 0 Å². The molecule has 19 heavy (non-hydrogen) atoms. The van der Waals surface area contributed by atoms with Crippen molar-refractivity contribution in [3.05, 3.63) is 47.9 Å². The molecule has 0 aliphatic rings. The van der Waals surface area contributed by atoms with Gasteiger partial charge in [-0.1, -0.05) is 6.07 Å². The van der Waals surface area contributed by atoms with Gasteiger partial charge in [-0.05, 0) is 18.2 Å². The number of carbonyl (C=O) groups is 1. The number of benzene rings is 1. The number of hydrogen-bond donors (Lipinski definition) is 2. The molecule has 1 aromatic heterocycles. The number of ether oxygens (including phenoxy) is 1. The van der Waals surface area contributed by atoms with Crippen molar-refractivity contribution >= 4 is 17.5 Å². The molecule has 0 fully saturated rings. The smallest absolute Gasteiger partial charge is 0.339 e. The number of methoxy groups -OCH3 is 1. The van der Waals surface area contributed by atoms with E-state index < -0.39 is 11.8 Å². The number of anilines is 2. The van der Waals surface area contributed by atoms with Crippen LogP contribution in [0.3, 0.4) is 0 Å². The van der Waals surface area contributed by atoms with Crippen LogP contribution in [-0.4, -0.2) is 23.2 Å². The van der Waals surface area contributed by atoms with E-state index in [4.69, 9.17) is 9.84 Å². The maximum absolute atomic E-state index is 13.0. The minimum absolute atomic E-state index is 0.0714. The Hall–Kier alpha value is -2.63. The zero-order chi connectivity index (χ0) is 13.8. The fourth-order valence-corrected chi connectivity index (χ4v) is 1.54. The molecular formula is C13H11FN2O3. The van der Waals surface area contributed by atoms with Gasteiger partial charge in [0.1, 0.15) is 22.9 Å². The predicted molar refractivity (Wildman–Crippen MR) is 67.4 cm³/mol. The van der Waals surface area contributed by atoms with Gasteiger partial charge >= 0.3 is 5.97 Å². The highest BCUT2D eigenvalue weighted by molar-refractivity contribution is 5.93. The first-order valence-electron chi connectivity index (χ1n) is 5.40. The van der Waals surface area contributed by atoms with E-state index in [1.165, 1.54) is 7.11 Å². The normalized spacial score (nSPS) is 10.0. The molecule has 0 unspecified atom stereocenters. The van der Waals surface area contributed by atoms with Crippen LogP contribution in [-0.2, 0) is 0 Å². The lowest BCUT2D eigenvalue weighted by Crippen LogP contribution is -2.05. The average Bonchev–Trinajstić information content (AvgIpc) is 2.41. The first kappa shape index (κ1) is 12.8. The van der Waals surface area contributed by atoms with Crippen molar-refractivity contribution in [2.45, 2.75) is 0 Å². The minimum Gasteiger partial charge on any atom is -0.497 e. The van der Waals surface area contributed by atoms with Crippen LogP contribution >= 0.6 is 0 Å². The number of aromatic carboxylic acids is 1. The molecule has 0 radical (unpaired) electrons. The van der Waals surface area contributed by atoms with Gasteiger partial charge < -0.3 is 15.2 Å². The summed E-state index contributed by atoms with van der Waals surface area (Å²) in [5, 5.41) is 11.8. The Kier molecular flexibility index (Phi) is 3.61. The molecule has 0 atom stereocenters. The van der Waals surface area contributed by atoms with Gasteiger partial charge in [0.2, 0.25) is 0 Å². The van der Waals surface area contributed by atoms with Gasteiger partial charge in [-0.15, -0.1) is 0 Å². The number of nitrogens with one attached hydrogen (secondary N) is 1. The lowest BCUT2D eigenvalue weighted by atomic mass is 10.2. The quantitative estimate of drug-likeness (QED) is 0.886. The number of hydrogen-bond acceptors (Lipinski definition) is 4. The third-order valence-corrected chi connectivity index (χ3v) is 2.42. The van der Waals surface area contributed by atoms with Crippen molar-refractivity contribution in [3.63, 3.8) is 0 Å². The molecule has 0 saturated heterocycles. The Balaban J connectivity index is 2.34. The van der Waals surface area contributed by atoms with Crippen LogP contribution in [0.1, 0.15) is 10.4 Å². The van der Waals surface area contributed by atoms with Crippen LogP contribution in [0, 0.1) is 5.82 Å². The standard InChI is InChI=1S/C13H11FN2O3/c1-19-10-4-2-3-9(6-10)16-12-11(13(17)18)5-8(14)7-15-12/h2-7H,1H3,(H,15,16)(H,17,18). The summed E-state index contributed by atoms with van der Waals surface area (Å²) in [7, 11) is 1.53. The maximum Gasteiger partial charge on any atom is 0.339 e. The predicted octanol–water partition coefficient (Wildman–Crippen LogP) is 2.67. The highest BCUT2D eigenvalue weighted by Gasteiger charge is 2.13. The molecule has 0 amide bonds. The number of pyridine rings is 1. The van der Waals surface area contributed by atoms with Crippen LogP contribution in [0.4, 0.5) is 15.9 Å². The maximum atomic E-state index is 13.0. The lowest BCUT2D eigenvalue weighted by Gasteiger charge is -2.09. The fraction of sp³-hybridized carbons (Fsp3) is 0.0769. The van der Waals surface area contributed by atoms with Crippen LogP contribution in [0.5, 0.6) is 5.75 Å². The molecule has 6 heteroatoms. The topological polar surface area (TPSA) is 71.5 Å². The van der Waals surface area contributed by atoms with Gasteiger partial charge in [0, 0.05) is 11.8 Å². The molecule has 0 aliphatic carbocycles. The Bertz CT molecular complexity index is 617. The number of carboxylic acid groups (broad SMARTS) is 1. The molecular weight excluding hydrogens is 251 g/mol. The molecule has 0 aliphatic heterocycles. The van der Waals surface area contributed by atoms with E-state index in [9.17, 15) is 9.18 Å². The summed E-state index contributed by atoms with van der Waals surface area (Å²) < 4.78 is 18.0. The first-order valence-corrected chi connectivity index (χ1v) is 5.40. The van der Waals surface area contributed by atoms with E-state index in [-0.39, 0.29) is 11.4 Å². The lowest BCUT2D eigenvalue weighted by molar-refractivity contribution is 0.0697. The van der Waals surface area contributed by atoms with E-state index in [2.05, 4.69) is 10.3 Å². The van der Waals surface area contributed by atoms with E-state index in [1.54, 1.807) is 24.3 Å². The molecule has 5 nitrogen and oxygen atoms in total. The largest absolute Gasteiger partial charge is 0.497 e. The molecule has 2 aromatic rings. The Labute approximate surface area is 108 Å². The van der Waals surface area contributed by atoms with Gasteiger partial charge in [-0.3, -0.25) is 0 Å². The molecule has 1 heterocycles. The van der Waals surface area contributed by atoms with Crippen LogP contribution in [0.15, 0.2) is 36.5 Å². The summed E-state index contributed by atoms with van der Waals surface area (Å²) in [6.45, 7) is 0. The van der Waals surface area contributed by atoms with Crippen molar-refractivity contribution in [2.75, 3.05) is 12.4 Å². The second-order valence-corrected chi connectivity index (χ2v) is 3.71. The molecule has 0 saturated carbocycles. The van der Waals surface area contributed by atoms with E-state index in [0.29, 0.717) is 11.4 Å². The third-order valence-electron chi connectivity index (χ3n) is 2.42. The molecule has 0 spiro atoms. The number of nitrogens with zero attached hydrogens (tertiary/aromatic N) is 1. The summed E-state index contributed by atoms with van der Waals surface area (Å²) in [5.74, 6) is -1.27. The van der Waals surface area contributed by atoms with Gasteiger partial charge in [0.15, 0.2) is 0 Å². The van der Waals surface area contributed by atoms with Gasteiger partial charge in [-0.25, -0.2) is 14.2 Å². The highest BCUT2D eigenvalue weighted by atomic mass is 19.1. The zero-order valence-corrected chi connectivity index (χ0v) is 10.1. The van der Waals surface area contributed by atoms with Crippen LogP contribution in [0.25, 0.3) is 0 Å². The second-order valence-electron chi connectivity index (χ2n) is 3.71. The monoisotopic (exact) mass is 262 g/mol. The SMILES string of the molecule is COc1cccc(Nc2ncc(F)cc2C(=O)O)c1. The van der Waals surface area contributed by atoms with Crippen LogP contribution < -0.4 is 10.1 Å². The van der Waals surface area contributed by atoms with E-state index in [1.807, 2.05) is 0 Å². The average molecular weight is 262 g/mol. The van der Waals surface area contributed by atoms with Crippen molar-refractivity contribution in [1.29, 1.82) is 0 Å². The second kappa shape index (κ2) is 5.34. The summed E-state index contributed by atoms with van der Waals surface area (Å²) in [5.41, 5.74) is 0.365. The minimum atomic E-state index is -1.25. The van der Waals surface area contributed by atoms with Gasteiger partial charge in [0.25, 0.3) is 0 Å². The Morgan fingerprint density at radius 3 is 2.89 bits per heavy atom. The molecule has 98 valence electrons. The number of carboxylic acids is 1. The third kappa shape index (κ3) is 2.98. The summed E-state index contributed by atoms with van der Waals surface area (Å²) >= 11 is 0. The number of halogens is 1. The van der Waals surface area contributed by atoms with Crippen molar-refractivity contribution < 1.29 is 19.0 Å².